The van der Waals surface area contributed by atoms with Gasteiger partial charge in [0.15, 0.2) is 11.8 Å². The average Bonchev–Trinajstić information content (AvgIpc) is 3.03. The molecule has 0 radical (unpaired) electrons. The number of aromatic nitrogens is 1. The van der Waals surface area contributed by atoms with Crippen LogP contribution in [-0.2, 0) is 17.6 Å². The quantitative estimate of drug-likeness (QED) is 0.461. The maximum Gasteiger partial charge on any atom is 0.359 e. The van der Waals surface area contributed by atoms with Gasteiger partial charge in [-0.1, -0.05) is 35.3 Å². The van der Waals surface area contributed by atoms with Crippen molar-refractivity contribution in [3.8, 4) is 0 Å². The number of carbonyl (C=O) groups is 2. The number of Topliss-reactive ketones (excluding diaryl/α,β-unsaturated/α-hetero) is 1. The van der Waals surface area contributed by atoms with Crippen molar-refractivity contribution >= 4 is 35.0 Å². The van der Waals surface area contributed by atoms with Crippen LogP contribution in [0.4, 0.5) is 0 Å². The van der Waals surface area contributed by atoms with Crippen LogP contribution in [0.3, 0.4) is 0 Å². The van der Waals surface area contributed by atoms with Gasteiger partial charge in [0.2, 0.25) is 5.78 Å². The first-order valence-electron chi connectivity index (χ1n) is 7.65. The molecular formula is C18H15Cl2NO3. The Morgan fingerprint density at radius 2 is 1.88 bits per heavy atom. The molecule has 0 unspecified atom stereocenters. The van der Waals surface area contributed by atoms with Crippen LogP contribution in [0.5, 0.6) is 0 Å². The summed E-state index contributed by atoms with van der Waals surface area (Å²) in [5, 5.41) is 0.255. The van der Waals surface area contributed by atoms with Crippen LogP contribution in [0.2, 0.25) is 10.2 Å². The number of halogens is 2. The van der Waals surface area contributed by atoms with Gasteiger partial charge in [-0.3, -0.25) is 4.79 Å². The fraction of sp³-hybridized carbons (Fsp3) is 0.278. The summed E-state index contributed by atoms with van der Waals surface area (Å²) in [6.07, 6.45) is 2.20. The molecule has 1 aliphatic carbocycles. The Kier molecular flexibility index (Phi) is 4.88. The topological polar surface area (TPSA) is 56.3 Å². The maximum atomic E-state index is 12.5. The molecular weight excluding hydrogens is 349 g/mol. The second kappa shape index (κ2) is 6.91. The van der Waals surface area contributed by atoms with Gasteiger partial charge in [-0.15, -0.1) is 0 Å². The number of fused-ring (bicyclic) bond motifs is 1. The number of carbonyl (C=O) groups excluding carboxylic acids is 2. The maximum absolute atomic E-state index is 12.5. The fourth-order valence-corrected chi connectivity index (χ4v) is 3.12. The third kappa shape index (κ3) is 3.45. The number of benzene rings is 1. The van der Waals surface area contributed by atoms with Gasteiger partial charge >= 0.3 is 5.97 Å². The normalized spacial score (nSPS) is 14.1. The fourth-order valence-electron chi connectivity index (χ4n) is 2.79. The van der Waals surface area contributed by atoms with E-state index in [-0.39, 0.29) is 21.7 Å². The zero-order valence-corrected chi connectivity index (χ0v) is 14.5. The first-order valence-corrected chi connectivity index (χ1v) is 8.40. The molecule has 1 aliphatic rings. The van der Waals surface area contributed by atoms with Crippen molar-refractivity contribution in [1.82, 2.24) is 4.98 Å². The van der Waals surface area contributed by atoms with Crippen LogP contribution < -0.4 is 0 Å². The molecule has 0 amide bonds. The predicted octanol–water partition coefficient (Wildman–Crippen LogP) is 4.31. The van der Waals surface area contributed by atoms with E-state index in [2.05, 4.69) is 4.98 Å². The number of hydrogen-bond acceptors (Lipinski definition) is 4. The molecule has 0 aliphatic heterocycles. The highest BCUT2D eigenvalue weighted by Crippen LogP contribution is 2.24. The minimum absolute atomic E-state index is 0.0993. The van der Waals surface area contributed by atoms with E-state index in [0.717, 1.165) is 19.3 Å². The smallest absolute Gasteiger partial charge is 0.359 e. The largest absolute Gasteiger partial charge is 0.449 e. The van der Waals surface area contributed by atoms with Crippen molar-refractivity contribution in [1.29, 1.82) is 0 Å². The third-order valence-corrected chi connectivity index (χ3v) is 4.56. The van der Waals surface area contributed by atoms with Gasteiger partial charge in [-0.05, 0) is 55.5 Å². The average molecular weight is 364 g/mol. The lowest BCUT2D eigenvalue weighted by molar-refractivity contribution is 0.0313. The van der Waals surface area contributed by atoms with Crippen molar-refractivity contribution in [2.75, 3.05) is 0 Å². The van der Waals surface area contributed by atoms with Gasteiger partial charge in [-0.25, -0.2) is 9.78 Å². The summed E-state index contributed by atoms with van der Waals surface area (Å²) in [5.74, 6) is -1.03. The van der Waals surface area contributed by atoms with Gasteiger partial charge < -0.3 is 4.74 Å². The van der Waals surface area contributed by atoms with Crippen LogP contribution >= 0.6 is 23.2 Å². The molecule has 1 heterocycles. The Labute approximate surface area is 149 Å². The summed E-state index contributed by atoms with van der Waals surface area (Å²) < 4.78 is 5.21. The van der Waals surface area contributed by atoms with E-state index < -0.39 is 12.1 Å². The summed E-state index contributed by atoms with van der Waals surface area (Å²) >= 11 is 11.7. The van der Waals surface area contributed by atoms with Crippen LogP contribution in [0.25, 0.3) is 0 Å². The number of ketones is 1. The SMILES string of the molecule is C[C@@H](OC(=O)c1nc(Cl)ccc1Cl)C(=O)c1ccc2c(c1)CCC2. The molecule has 1 aromatic carbocycles. The highest BCUT2D eigenvalue weighted by atomic mass is 35.5. The Hall–Kier alpha value is -1.91. The minimum atomic E-state index is -0.936. The minimum Gasteiger partial charge on any atom is -0.449 e. The number of ether oxygens (including phenoxy) is 1. The zero-order valence-electron chi connectivity index (χ0n) is 13.0. The number of rotatable bonds is 4. The molecule has 1 atom stereocenters. The van der Waals surface area contributed by atoms with Gasteiger partial charge in [0.05, 0.1) is 5.02 Å². The summed E-state index contributed by atoms with van der Waals surface area (Å²) in [5.41, 5.74) is 2.92. The molecule has 2 aromatic rings. The van der Waals surface area contributed by atoms with Gasteiger partial charge in [-0.2, -0.15) is 0 Å². The molecule has 0 saturated heterocycles. The standard InChI is InChI=1S/C18H15Cl2NO3/c1-10(24-18(23)16-14(19)7-8-15(20)21-16)17(22)13-6-5-11-3-2-4-12(11)9-13/h5-10H,2-4H2,1H3/t10-/m1/s1. The number of nitrogens with zero attached hydrogens (tertiary/aromatic N) is 1. The molecule has 0 saturated carbocycles. The van der Waals surface area contributed by atoms with Crippen LogP contribution in [0, 0.1) is 0 Å². The van der Waals surface area contributed by atoms with E-state index in [1.54, 1.807) is 6.07 Å². The molecule has 1 aromatic heterocycles. The van der Waals surface area contributed by atoms with Crippen molar-refractivity contribution in [2.45, 2.75) is 32.3 Å². The van der Waals surface area contributed by atoms with Crippen LogP contribution in [0.1, 0.15) is 45.3 Å². The molecule has 124 valence electrons. The molecule has 4 nitrogen and oxygen atoms in total. The van der Waals surface area contributed by atoms with E-state index in [1.807, 2.05) is 12.1 Å². The van der Waals surface area contributed by atoms with E-state index in [4.69, 9.17) is 27.9 Å². The van der Waals surface area contributed by atoms with Crippen molar-refractivity contribution in [2.24, 2.45) is 0 Å². The molecule has 0 spiro atoms. The highest BCUT2D eigenvalue weighted by molar-refractivity contribution is 6.34. The van der Waals surface area contributed by atoms with Crippen LogP contribution in [-0.4, -0.2) is 22.8 Å². The van der Waals surface area contributed by atoms with Crippen molar-refractivity contribution < 1.29 is 14.3 Å². The van der Waals surface area contributed by atoms with Crippen molar-refractivity contribution in [3.63, 3.8) is 0 Å². The van der Waals surface area contributed by atoms with Crippen LogP contribution in [0.15, 0.2) is 30.3 Å². The lowest BCUT2D eigenvalue weighted by Crippen LogP contribution is -2.25. The molecule has 6 heteroatoms. The van der Waals surface area contributed by atoms with Gasteiger partial charge in [0.25, 0.3) is 0 Å². The summed E-state index contributed by atoms with van der Waals surface area (Å²) in [7, 11) is 0. The first-order chi connectivity index (χ1) is 11.5. The van der Waals surface area contributed by atoms with Crippen molar-refractivity contribution in [3.05, 3.63) is 62.9 Å². The Morgan fingerprint density at radius 3 is 2.67 bits per heavy atom. The van der Waals surface area contributed by atoms with Gasteiger partial charge in [0, 0.05) is 5.56 Å². The number of pyridine rings is 1. The number of aryl methyl sites for hydroxylation is 2. The summed E-state index contributed by atoms with van der Waals surface area (Å²) in [4.78, 5) is 28.5. The highest BCUT2D eigenvalue weighted by Gasteiger charge is 2.24. The van der Waals surface area contributed by atoms with E-state index >= 15 is 0 Å². The lowest BCUT2D eigenvalue weighted by Gasteiger charge is -2.13. The molecule has 24 heavy (non-hydrogen) atoms. The van der Waals surface area contributed by atoms with Gasteiger partial charge in [0.1, 0.15) is 5.15 Å². The first kappa shape index (κ1) is 16.9. The zero-order chi connectivity index (χ0) is 17.3. The Bertz CT molecular complexity index is 820. The summed E-state index contributed by atoms with van der Waals surface area (Å²) in [6, 6.07) is 8.57. The monoisotopic (exact) mass is 363 g/mol. The molecule has 0 fully saturated rings. The molecule has 0 N–H and O–H groups in total. The Balaban J connectivity index is 1.74. The number of hydrogen-bond donors (Lipinski definition) is 0. The molecule has 3 rings (SSSR count). The third-order valence-electron chi connectivity index (χ3n) is 4.04. The lowest BCUT2D eigenvalue weighted by atomic mass is 10.0. The second-order valence-corrected chi connectivity index (χ2v) is 6.51. The van der Waals surface area contributed by atoms with E-state index in [9.17, 15) is 9.59 Å². The van der Waals surface area contributed by atoms with E-state index in [0.29, 0.717) is 5.56 Å². The van der Waals surface area contributed by atoms with E-state index in [1.165, 1.54) is 30.2 Å². The molecule has 0 bridgehead atoms. The second-order valence-electron chi connectivity index (χ2n) is 5.71. The summed E-state index contributed by atoms with van der Waals surface area (Å²) in [6.45, 7) is 1.53. The predicted molar refractivity (Wildman–Crippen MR) is 91.9 cm³/mol. The number of esters is 1. The Morgan fingerprint density at radius 1 is 1.12 bits per heavy atom.